The van der Waals surface area contributed by atoms with Crippen molar-refractivity contribution in [3.05, 3.63) is 130 Å². The molecule has 0 aromatic heterocycles. The predicted octanol–water partition coefficient (Wildman–Crippen LogP) is 4.70. The van der Waals surface area contributed by atoms with Crippen LogP contribution in [0, 0.1) is 54.8 Å². The second-order valence-electron chi connectivity index (χ2n) is 11.8. The number of nitrogens with zero attached hydrogens (tertiary/aromatic N) is 1. The van der Waals surface area contributed by atoms with Gasteiger partial charge in [-0.2, -0.15) is 27.8 Å². The summed E-state index contributed by atoms with van der Waals surface area (Å²) in [6.07, 6.45) is 5.20. The van der Waals surface area contributed by atoms with Gasteiger partial charge in [0.1, 0.15) is 5.82 Å². The van der Waals surface area contributed by atoms with Gasteiger partial charge in [0.2, 0.25) is 20.0 Å². The van der Waals surface area contributed by atoms with E-state index in [-0.39, 0.29) is 63.0 Å². The fraction of sp³-hybridized carbons (Fsp3) is 0.333. The standard InChI is InChI=1S/C18H20F3NO2S2.C12H17NO2S2.C6H2F3.BrH.Mg/c1-12-3-5-15(6-4-12)26(23,24)22-14(7-8-25-2)9-13-10-17(20)18(21)11-16(13)19;1-10-3-5-12(6-4-10)17(14,15)13-9-11(13)7-8-16-2;7-4-1-2-5(8)6(9)3-4;;/h3-6,10-11,14,22H,7-9H2,1-2H3;3-6,11H,7-9H2,1-2H3;2-3H;1H;/q;;-1;;+2/p-1/t14-;11-,13?;;;/m00.../s1. The summed E-state index contributed by atoms with van der Waals surface area (Å²) in [7, 11) is -7.05. The minimum atomic E-state index is -3.81. The SMILES string of the molecule is CSCC[C@@H](Cc1cc(F)c(F)cc1F)NS(=O)(=O)c1ccc(C)cc1.CSCC[C@H]1CN1S(=O)(=O)c1ccc(C)cc1.Fc1[c-]cc(F)c(F)c1.[Br-].[Mg+2]. The normalized spacial score (nSPS) is 15.3. The first kappa shape index (κ1) is 50.2. The monoisotopic (exact) mass is 908 g/mol. The van der Waals surface area contributed by atoms with Crippen LogP contribution in [0.25, 0.3) is 0 Å². The number of thioether (sulfide) groups is 2. The average molecular weight is 910 g/mol. The fourth-order valence-electron chi connectivity index (χ4n) is 4.67. The predicted molar refractivity (Wildman–Crippen MR) is 201 cm³/mol. The van der Waals surface area contributed by atoms with Crippen molar-refractivity contribution in [3.63, 3.8) is 0 Å². The molecule has 54 heavy (non-hydrogen) atoms. The zero-order chi connectivity index (χ0) is 38.6. The summed E-state index contributed by atoms with van der Waals surface area (Å²) < 4.78 is 130. The van der Waals surface area contributed by atoms with Crippen molar-refractivity contribution < 1.29 is 60.2 Å². The third kappa shape index (κ3) is 15.6. The Labute approximate surface area is 349 Å². The maximum absolute atomic E-state index is 13.9. The van der Waals surface area contributed by atoms with Gasteiger partial charge in [0.15, 0.2) is 11.6 Å². The van der Waals surface area contributed by atoms with Gasteiger partial charge in [0, 0.05) is 36.3 Å². The van der Waals surface area contributed by atoms with Gasteiger partial charge in [-0.25, -0.2) is 43.5 Å². The molecule has 1 N–H and O–H groups in total. The molecule has 4 aromatic carbocycles. The van der Waals surface area contributed by atoms with Crippen molar-refractivity contribution in [2.24, 2.45) is 0 Å². The largest absolute Gasteiger partial charge is 2.00 e. The molecule has 4 aromatic rings. The second-order valence-corrected chi connectivity index (χ2v) is 17.4. The first-order chi connectivity index (χ1) is 24.5. The van der Waals surface area contributed by atoms with Gasteiger partial charge in [0.25, 0.3) is 0 Å². The molecule has 1 unspecified atom stereocenters. The van der Waals surface area contributed by atoms with Crippen LogP contribution in [0.5, 0.6) is 0 Å². The van der Waals surface area contributed by atoms with E-state index in [1.54, 1.807) is 40.3 Å². The molecule has 0 spiro atoms. The molecule has 6 nitrogen and oxygen atoms in total. The fourth-order valence-corrected chi connectivity index (χ4v) is 8.58. The van der Waals surface area contributed by atoms with Crippen LogP contribution in [-0.4, -0.2) is 86.8 Å². The Balaban J connectivity index is 0.000000446. The van der Waals surface area contributed by atoms with Crippen LogP contribution in [0.1, 0.15) is 29.5 Å². The van der Waals surface area contributed by atoms with E-state index in [1.165, 1.54) is 23.9 Å². The van der Waals surface area contributed by atoms with Crippen LogP contribution in [-0.2, 0) is 26.5 Å². The van der Waals surface area contributed by atoms with Crippen LogP contribution in [0.3, 0.4) is 0 Å². The molecular formula is C36H39BrF6MgN2O4S4. The third-order valence-electron chi connectivity index (χ3n) is 7.64. The van der Waals surface area contributed by atoms with Crippen LogP contribution < -0.4 is 21.7 Å². The summed E-state index contributed by atoms with van der Waals surface area (Å²) in [5, 5.41) is 0. The van der Waals surface area contributed by atoms with Crippen LogP contribution in [0.15, 0.2) is 82.6 Å². The molecule has 292 valence electrons. The molecule has 0 aliphatic carbocycles. The number of hydrogen-bond acceptors (Lipinski definition) is 6. The number of rotatable bonds is 13. The maximum atomic E-state index is 13.9. The summed E-state index contributed by atoms with van der Waals surface area (Å²) in [6.45, 7) is 4.48. The minimum Gasteiger partial charge on any atom is -1.00 e. The zero-order valence-corrected chi connectivity index (χ0v) is 36.2. The van der Waals surface area contributed by atoms with Crippen molar-refractivity contribution in [3.8, 4) is 0 Å². The Morgan fingerprint density at radius 1 is 0.759 bits per heavy atom. The Hall–Kier alpha value is -1.77. The molecule has 5 rings (SSSR count). The van der Waals surface area contributed by atoms with E-state index in [0.717, 1.165) is 29.4 Å². The number of halogens is 7. The van der Waals surface area contributed by atoms with Crippen molar-refractivity contribution >= 4 is 66.6 Å². The van der Waals surface area contributed by atoms with Crippen LogP contribution in [0.4, 0.5) is 26.3 Å². The summed E-state index contributed by atoms with van der Waals surface area (Å²) in [4.78, 5) is 0.512. The van der Waals surface area contributed by atoms with Crippen molar-refractivity contribution in [1.82, 2.24) is 9.03 Å². The van der Waals surface area contributed by atoms with Gasteiger partial charge in [-0.3, -0.25) is 4.39 Å². The molecule has 1 aliphatic rings. The molecule has 1 aliphatic heterocycles. The van der Waals surface area contributed by atoms with E-state index < -0.39 is 61.0 Å². The van der Waals surface area contributed by atoms with Gasteiger partial charge in [-0.15, -0.1) is 12.1 Å². The van der Waals surface area contributed by atoms with E-state index in [1.807, 2.05) is 44.6 Å². The molecule has 1 heterocycles. The Bertz CT molecular complexity index is 2000. The second kappa shape index (κ2) is 23.5. The van der Waals surface area contributed by atoms with Crippen molar-refractivity contribution in [2.75, 3.05) is 30.6 Å². The molecular weight excluding hydrogens is 871 g/mol. The van der Waals surface area contributed by atoms with Crippen LogP contribution in [0.2, 0.25) is 0 Å². The number of hydrogen-bond donors (Lipinski definition) is 1. The molecule has 1 fully saturated rings. The maximum Gasteiger partial charge on any atom is 2.00 e. The zero-order valence-electron chi connectivity index (χ0n) is 29.9. The molecule has 18 heteroatoms. The van der Waals surface area contributed by atoms with E-state index >= 15 is 0 Å². The number of benzene rings is 4. The summed E-state index contributed by atoms with van der Waals surface area (Å²) in [5.41, 5.74) is 1.93. The number of sulfonamides is 2. The van der Waals surface area contributed by atoms with E-state index in [0.29, 0.717) is 41.8 Å². The summed E-state index contributed by atoms with van der Waals surface area (Å²) in [5.74, 6) is -4.85. The van der Waals surface area contributed by atoms with Gasteiger partial charge in [-0.1, -0.05) is 41.5 Å². The first-order valence-corrected chi connectivity index (χ1v) is 21.5. The van der Waals surface area contributed by atoms with Gasteiger partial charge < -0.3 is 17.0 Å². The molecule has 0 saturated carbocycles. The van der Waals surface area contributed by atoms with E-state index in [9.17, 15) is 43.2 Å². The van der Waals surface area contributed by atoms with Crippen molar-refractivity contribution in [1.29, 1.82) is 0 Å². The van der Waals surface area contributed by atoms with Gasteiger partial charge in [-0.05, 0) is 93.0 Å². The molecule has 0 bridgehead atoms. The summed E-state index contributed by atoms with van der Waals surface area (Å²) in [6, 6.07) is 17.1. The molecule has 0 amide bonds. The van der Waals surface area contributed by atoms with Crippen molar-refractivity contribution in [2.45, 2.75) is 55.0 Å². The van der Waals surface area contributed by atoms with E-state index in [4.69, 9.17) is 0 Å². The molecule has 3 atom stereocenters. The minimum absolute atomic E-state index is 0. The Morgan fingerprint density at radius 3 is 1.80 bits per heavy atom. The quantitative estimate of drug-likeness (QED) is 0.0690. The Morgan fingerprint density at radius 2 is 1.28 bits per heavy atom. The van der Waals surface area contributed by atoms with Gasteiger partial charge >= 0.3 is 23.1 Å². The van der Waals surface area contributed by atoms with E-state index in [2.05, 4.69) is 4.72 Å². The van der Waals surface area contributed by atoms with Gasteiger partial charge in [0.05, 0.1) is 15.6 Å². The molecule has 0 radical (unpaired) electrons. The van der Waals surface area contributed by atoms with Crippen LogP contribution >= 0.6 is 23.5 Å². The summed E-state index contributed by atoms with van der Waals surface area (Å²) >= 11 is 3.27. The average Bonchev–Trinajstić information content (AvgIpc) is 3.89. The molecule has 1 saturated heterocycles. The number of nitrogens with one attached hydrogen (secondary N) is 1. The third-order valence-corrected chi connectivity index (χ3v) is 12.4. The first-order valence-electron chi connectivity index (χ1n) is 15.8. The number of aryl methyl sites for hydroxylation is 2. The smallest absolute Gasteiger partial charge is 1.00 e. The Kier molecular flexibility index (Phi) is 21.8. The topological polar surface area (TPSA) is 83.3 Å².